The fourth-order valence-corrected chi connectivity index (χ4v) is 3.55. The Kier molecular flexibility index (Phi) is 2.87. The normalized spacial score (nSPS) is 19.3. The molecule has 1 saturated carbocycles. The summed E-state index contributed by atoms with van der Waals surface area (Å²) in [5.41, 5.74) is 9.71. The van der Waals surface area contributed by atoms with E-state index in [4.69, 9.17) is 17.3 Å². The first kappa shape index (κ1) is 12.1. The number of hydrogen-bond donors (Lipinski definition) is 2. The first-order valence-electron chi connectivity index (χ1n) is 6.67. The van der Waals surface area contributed by atoms with Gasteiger partial charge in [-0.05, 0) is 37.5 Å². The third kappa shape index (κ3) is 1.84. The van der Waals surface area contributed by atoms with Gasteiger partial charge in [0, 0.05) is 22.1 Å². The van der Waals surface area contributed by atoms with E-state index in [-0.39, 0.29) is 5.54 Å². The number of aryl methyl sites for hydroxylation is 1. The second-order valence-corrected chi connectivity index (χ2v) is 5.94. The van der Waals surface area contributed by atoms with E-state index in [1.807, 2.05) is 0 Å². The molecule has 1 aromatic heterocycles. The smallest absolute Gasteiger partial charge is 0.0550 e. The summed E-state index contributed by atoms with van der Waals surface area (Å²) in [5.74, 6) is 0. The molecular formula is C15H19ClN2. The lowest BCUT2D eigenvalue weighted by Gasteiger charge is -2.34. The van der Waals surface area contributed by atoms with Gasteiger partial charge in [0.05, 0.1) is 5.02 Å². The maximum absolute atomic E-state index is 6.58. The Morgan fingerprint density at radius 2 is 1.94 bits per heavy atom. The Bertz CT molecular complexity index is 579. The highest BCUT2D eigenvalue weighted by atomic mass is 35.5. The van der Waals surface area contributed by atoms with Gasteiger partial charge >= 0.3 is 0 Å². The van der Waals surface area contributed by atoms with Crippen LogP contribution in [0.2, 0.25) is 5.02 Å². The van der Waals surface area contributed by atoms with E-state index in [0.717, 1.165) is 40.0 Å². The Morgan fingerprint density at radius 1 is 1.22 bits per heavy atom. The highest BCUT2D eigenvalue weighted by molar-refractivity contribution is 6.36. The molecule has 0 aliphatic heterocycles. The first-order valence-corrected chi connectivity index (χ1v) is 7.05. The molecule has 3 rings (SSSR count). The molecule has 0 unspecified atom stereocenters. The van der Waals surface area contributed by atoms with Crippen LogP contribution in [0, 0.1) is 6.92 Å². The zero-order chi connectivity index (χ0) is 12.8. The van der Waals surface area contributed by atoms with E-state index in [1.165, 1.54) is 19.3 Å². The highest BCUT2D eigenvalue weighted by Gasteiger charge is 2.31. The quantitative estimate of drug-likeness (QED) is 0.793. The van der Waals surface area contributed by atoms with Crippen LogP contribution in [0.3, 0.4) is 0 Å². The van der Waals surface area contributed by atoms with Gasteiger partial charge in [-0.3, -0.25) is 0 Å². The van der Waals surface area contributed by atoms with Crippen molar-refractivity contribution in [2.75, 3.05) is 0 Å². The molecule has 3 heteroatoms. The van der Waals surface area contributed by atoms with E-state index in [0.29, 0.717) is 0 Å². The van der Waals surface area contributed by atoms with Gasteiger partial charge in [-0.25, -0.2) is 0 Å². The lowest BCUT2D eigenvalue weighted by atomic mass is 9.77. The van der Waals surface area contributed by atoms with Gasteiger partial charge in [-0.15, -0.1) is 0 Å². The van der Waals surface area contributed by atoms with Gasteiger partial charge in [0.2, 0.25) is 0 Å². The Hall–Kier alpha value is -0.990. The van der Waals surface area contributed by atoms with Crippen LogP contribution >= 0.6 is 11.6 Å². The lowest BCUT2D eigenvalue weighted by Crippen LogP contribution is -2.38. The summed E-state index contributed by atoms with van der Waals surface area (Å²) < 4.78 is 0. The van der Waals surface area contributed by atoms with Crippen LogP contribution in [0.4, 0.5) is 0 Å². The van der Waals surface area contributed by atoms with Crippen molar-refractivity contribution in [3.8, 4) is 0 Å². The topological polar surface area (TPSA) is 41.8 Å². The Labute approximate surface area is 113 Å². The fraction of sp³-hybridized carbons (Fsp3) is 0.467. The maximum atomic E-state index is 6.58. The SMILES string of the molecule is Cc1cc2c(Cl)c(C3(N)CCCCC3)ccc2[nH]1. The van der Waals surface area contributed by atoms with Crippen molar-refractivity contribution in [3.63, 3.8) is 0 Å². The van der Waals surface area contributed by atoms with Crippen LogP contribution in [0.1, 0.15) is 43.4 Å². The molecule has 0 radical (unpaired) electrons. The number of rotatable bonds is 1. The summed E-state index contributed by atoms with van der Waals surface area (Å²) in [4.78, 5) is 3.32. The predicted octanol–water partition coefficient (Wildman–Crippen LogP) is 4.25. The summed E-state index contributed by atoms with van der Waals surface area (Å²) in [6.45, 7) is 2.05. The Balaban J connectivity index is 2.14. The summed E-state index contributed by atoms with van der Waals surface area (Å²) in [5, 5.41) is 1.93. The van der Waals surface area contributed by atoms with E-state index in [9.17, 15) is 0 Å². The molecule has 1 aromatic carbocycles. The average Bonchev–Trinajstić information content (AvgIpc) is 2.72. The monoisotopic (exact) mass is 262 g/mol. The molecule has 3 N–H and O–H groups in total. The molecule has 0 bridgehead atoms. The van der Waals surface area contributed by atoms with Crippen molar-refractivity contribution in [2.24, 2.45) is 5.73 Å². The standard InChI is InChI=1S/C15H19ClN2/c1-10-9-11-13(18-10)6-5-12(14(11)16)15(17)7-3-2-4-8-15/h5-6,9,18H,2-4,7-8,17H2,1H3. The minimum Gasteiger partial charge on any atom is -0.359 e. The molecule has 1 fully saturated rings. The lowest BCUT2D eigenvalue weighted by molar-refractivity contribution is 0.303. The van der Waals surface area contributed by atoms with Crippen LogP contribution in [0.5, 0.6) is 0 Å². The van der Waals surface area contributed by atoms with Crippen molar-refractivity contribution >= 4 is 22.5 Å². The number of hydrogen-bond acceptors (Lipinski definition) is 1. The van der Waals surface area contributed by atoms with Crippen molar-refractivity contribution in [1.82, 2.24) is 4.98 Å². The van der Waals surface area contributed by atoms with Crippen LogP contribution in [0.25, 0.3) is 10.9 Å². The van der Waals surface area contributed by atoms with Gasteiger partial charge in [0.15, 0.2) is 0 Å². The molecule has 0 amide bonds. The molecule has 18 heavy (non-hydrogen) atoms. The molecule has 0 atom stereocenters. The minimum atomic E-state index is -0.227. The number of nitrogens with one attached hydrogen (secondary N) is 1. The molecule has 0 saturated heterocycles. The third-order valence-electron chi connectivity index (χ3n) is 4.15. The zero-order valence-electron chi connectivity index (χ0n) is 10.7. The molecular weight excluding hydrogens is 244 g/mol. The first-order chi connectivity index (χ1) is 8.60. The van der Waals surface area contributed by atoms with Crippen LogP contribution < -0.4 is 5.73 Å². The number of H-pyrrole nitrogens is 1. The summed E-state index contributed by atoms with van der Waals surface area (Å²) in [6.07, 6.45) is 5.79. The summed E-state index contributed by atoms with van der Waals surface area (Å²) in [6, 6.07) is 6.31. The molecule has 2 nitrogen and oxygen atoms in total. The number of halogens is 1. The van der Waals surface area contributed by atoms with E-state index >= 15 is 0 Å². The van der Waals surface area contributed by atoms with Crippen LogP contribution in [-0.4, -0.2) is 4.98 Å². The predicted molar refractivity (Wildman–Crippen MR) is 77.0 cm³/mol. The number of nitrogens with two attached hydrogens (primary N) is 1. The molecule has 96 valence electrons. The molecule has 1 aliphatic carbocycles. The van der Waals surface area contributed by atoms with Crippen molar-refractivity contribution in [2.45, 2.75) is 44.6 Å². The molecule has 1 heterocycles. The van der Waals surface area contributed by atoms with Crippen molar-refractivity contribution in [3.05, 3.63) is 34.5 Å². The summed E-state index contributed by atoms with van der Waals surface area (Å²) in [7, 11) is 0. The maximum Gasteiger partial charge on any atom is 0.0550 e. The van der Waals surface area contributed by atoms with Gasteiger partial charge in [-0.2, -0.15) is 0 Å². The summed E-state index contributed by atoms with van der Waals surface area (Å²) >= 11 is 6.58. The van der Waals surface area contributed by atoms with Gasteiger partial charge in [-0.1, -0.05) is 36.9 Å². The van der Waals surface area contributed by atoms with E-state index < -0.39 is 0 Å². The van der Waals surface area contributed by atoms with Crippen LogP contribution in [-0.2, 0) is 5.54 Å². The molecule has 1 aliphatic rings. The van der Waals surface area contributed by atoms with Gasteiger partial charge < -0.3 is 10.7 Å². The number of aromatic amines is 1. The Morgan fingerprint density at radius 3 is 2.67 bits per heavy atom. The zero-order valence-corrected chi connectivity index (χ0v) is 11.5. The number of aromatic nitrogens is 1. The second kappa shape index (κ2) is 4.29. The largest absolute Gasteiger partial charge is 0.359 e. The van der Waals surface area contributed by atoms with Gasteiger partial charge in [0.1, 0.15) is 0 Å². The van der Waals surface area contributed by atoms with Crippen molar-refractivity contribution < 1.29 is 0 Å². The van der Waals surface area contributed by atoms with Crippen LogP contribution in [0.15, 0.2) is 18.2 Å². The fourth-order valence-electron chi connectivity index (χ4n) is 3.14. The highest BCUT2D eigenvalue weighted by Crippen LogP contribution is 2.40. The number of benzene rings is 1. The third-order valence-corrected chi connectivity index (χ3v) is 4.56. The van der Waals surface area contributed by atoms with Crippen molar-refractivity contribution in [1.29, 1.82) is 0 Å². The minimum absolute atomic E-state index is 0.227. The van der Waals surface area contributed by atoms with E-state index in [1.54, 1.807) is 0 Å². The molecule has 2 aromatic rings. The second-order valence-electron chi connectivity index (χ2n) is 5.56. The average molecular weight is 263 g/mol. The number of fused-ring (bicyclic) bond motifs is 1. The van der Waals surface area contributed by atoms with E-state index in [2.05, 4.69) is 30.1 Å². The van der Waals surface area contributed by atoms with Gasteiger partial charge in [0.25, 0.3) is 0 Å². The molecule has 0 spiro atoms.